The van der Waals surface area contributed by atoms with Gasteiger partial charge >= 0.3 is 5.97 Å². The number of aromatic amines is 1. The fourth-order valence-corrected chi connectivity index (χ4v) is 2.44. The highest BCUT2D eigenvalue weighted by Crippen LogP contribution is 2.25. The van der Waals surface area contributed by atoms with Crippen molar-refractivity contribution in [3.05, 3.63) is 35.5 Å². The topological polar surface area (TPSA) is 88.1 Å². The molecule has 0 bridgehead atoms. The minimum atomic E-state index is -1.19. The predicted octanol–water partition coefficient (Wildman–Crippen LogP) is 2.84. The summed E-state index contributed by atoms with van der Waals surface area (Å²) in [6.07, 6.45) is 4.86. The number of benzene rings is 1. The second-order valence-corrected chi connectivity index (χ2v) is 5.18. The lowest BCUT2D eigenvalue weighted by molar-refractivity contribution is 0.0687. The Labute approximate surface area is 127 Å². The number of hydrogen-bond acceptors (Lipinski definition) is 4. The van der Waals surface area contributed by atoms with E-state index in [4.69, 9.17) is 9.84 Å². The number of aromatic carboxylic acids is 1. The summed E-state index contributed by atoms with van der Waals surface area (Å²) in [5, 5.41) is 18.3. The van der Waals surface area contributed by atoms with Gasteiger partial charge in [0.1, 0.15) is 5.75 Å². The molecule has 6 heteroatoms. The van der Waals surface area contributed by atoms with E-state index in [1.54, 1.807) is 12.1 Å². The molecule has 22 heavy (non-hydrogen) atoms. The van der Waals surface area contributed by atoms with Crippen LogP contribution in [0.1, 0.15) is 41.7 Å². The molecule has 1 aliphatic carbocycles. The number of rotatable bonds is 3. The molecule has 6 nitrogen and oxygen atoms in total. The highest BCUT2D eigenvalue weighted by Gasteiger charge is 2.16. The van der Waals surface area contributed by atoms with Crippen LogP contribution in [0.4, 0.5) is 0 Å². The Morgan fingerprint density at radius 1 is 1.36 bits per heavy atom. The molecule has 112 valence electrons. The van der Waals surface area contributed by atoms with E-state index in [9.17, 15) is 4.79 Å². The summed E-state index contributed by atoms with van der Waals surface area (Å²) >= 11 is 0. The third kappa shape index (κ3) is 3.26. The maximum Gasteiger partial charge on any atom is 0.362 e. The summed E-state index contributed by atoms with van der Waals surface area (Å²) in [7, 11) is 0. The van der Waals surface area contributed by atoms with Gasteiger partial charge in [-0.2, -0.15) is 0 Å². The first kappa shape index (κ1) is 14.1. The van der Waals surface area contributed by atoms with Crippen molar-refractivity contribution >= 4 is 5.97 Å². The molecule has 0 unspecified atom stereocenters. The molecule has 1 heterocycles. The van der Waals surface area contributed by atoms with Gasteiger partial charge in [-0.3, -0.25) is 0 Å². The molecule has 1 aliphatic rings. The van der Waals surface area contributed by atoms with Crippen molar-refractivity contribution in [1.29, 1.82) is 0 Å². The number of ether oxygens (including phenoxy) is 1. The Morgan fingerprint density at radius 2 is 2.18 bits per heavy atom. The average molecular weight is 297 g/mol. The lowest BCUT2D eigenvalue weighted by atomic mass is 10.1. The maximum absolute atomic E-state index is 11.0. The van der Waals surface area contributed by atoms with Crippen molar-refractivity contribution in [2.24, 2.45) is 5.92 Å². The SMILES string of the molecule is O=C(O)c1nn[nH]c1Oc1cccc(C#CC2CCCC2)c1. The average Bonchev–Trinajstić information content (AvgIpc) is 3.16. The zero-order valence-corrected chi connectivity index (χ0v) is 11.9. The number of nitrogens with one attached hydrogen (secondary N) is 1. The van der Waals surface area contributed by atoms with Crippen LogP contribution in [-0.4, -0.2) is 26.5 Å². The van der Waals surface area contributed by atoms with E-state index >= 15 is 0 Å². The highest BCUT2D eigenvalue weighted by atomic mass is 16.5. The maximum atomic E-state index is 11.0. The Balaban J connectivity index is 1.76. The van der Waals surface area contributed by atoms with Crippen LogP contribution in [0.5, 0.6) is 11.6 Å². The quantitative estimate of drug-likeness (QED) is 0.850. The van der Waals surface area contributed by atoms with Crippen molar-refractivity contribution in [1.82, 2.24) is 15.4 Å². The van der Waals surface area contributed by atoms with Gasteiger partial charge in [0.2, 0.25) is 5.69 Å². The van der Waals surface area contributed by atoms with Gasteiger partial charge < -0.3 is 9.84 Å². The third-order valence-corrected chi connectivity index (χ3v) is 3.55. The van der Waals surface area contributed by atoms with E-state index in [1.807, 2.05) is 12.1 Å². The summed E-state index contributed by atoms with van der Waals surface area (Å²) < 4.78 is 5.49. The highest BCUT2D eigenvalue weighted by molar-refractivity contribution is 5.87. The number of carboxylic acids is 1. The van der Waals surface area contributed by atoms with Gasteiger partial charge in [0, 0.05) is 11.5 Å². The fourth-order valence-electron chi connectivity index (χ4n) is 2.44. The van der Waals surface area contributed by atoms with Crippen LogP contribution >= 0.6 is 0 Å². The number of H-pyrrole nitrogens is 1. The van der Waals surface area contributed by atoms with E-state index < -0.39 is 5.97 Å². The fraction of sp³-hybridized carbons (Fsp3) is 0.312. The van der Waals surface area contributed by atoms with Gasteiger partial charge in [-0.05, 0) is 31.0 Å². The van der Waals surface area contributed by atoms with Crippen LogP contribution in [0.2, 0.25) is 0 Å². The number of carboxylic acid groups (broad SMARTS) is 1. The Hall–Kier alpha value is -2.81. The van der Waals surface area contributed by atoms with Crippen molar-refractivity contribution in [3.63, 3.8) is 0 Å². The van der Waals surface area contributed by atoms with Crippen LogP contribution in [0, 0.1) is 17.8 Å². The summed E-state index contributed by atoms with van der Waals surface area (Å²) in [6.45, 7) is 0. The largest absolute Gasteiger partial charge is 0.476 e. The van der Waals surface area contributed by atoms with Crippen molar-refractivity contribution in [2.45, 2.75) is 25.7 Å². The summed E-state index contributed by atoms with van der Waals surface area (Å²) in [5.74, 6) is 6.23. The molecule has 0 spiro atoms. The van der Waals surface area contributed by atoms with Crippen molar-refractivity contribution < 1.29 is 14.6 Å². The number of nitrogens with zero attached hydrogens (tertiary/aromatic N) is 2. The van der Waals surface area contributed by atoms with Gasteiger partial charge in [0.05, 0.1) is 0 Å². The predicted molar refractivity (Wildman–Crippen MR) is 78.7 cm³/mol. The molecule has 0 atom stereocenters. The monoisotopic (exact) mass is 297 g/mol. The minimum absolute atomic E-state index is 0.00778. The van der Waals surface area contributed by atoms with Crippen molar-refractivity contribution in [2.75, 3.05) is 0 Å². The number of aromatic nitrogens is 3. The molecule has 3 rings (SSSR count). The molecule has 1 aromatic heterocycles. The second-order valence-electron chi connectivity index (χ2n) is 5.18. The molecular formula is C16H15N3O3. The normalized spacial score (nSPS) is 14.4. The number of carbonyl (C=O) groups is 1. The van der Waals surface area contributed by atoms with Gasteiger partial charge in [-0.1, -0.05) is 36.0 Å². The van der Waals surface area contributed by atoms with E-state index in [2.05, 4.69) is 27.3 Å². The van der Waals surface area contributed by atoms with E-state index in [0.717, 1.165) is 5.56 Å². The lowest BCUT2D eigenvalue weighted by Crippen LogP contribution is -1.99. The number of hydrogen-bond donors (Lipinski definition) is 2. The molecule has 1 fully saturated rings. The van der Waals surface area contributed by atoms with Crippen LogP contribution in [-0.2, 0) is 0 Å². The molecule has 2 N–H and O–H groups in total. The van der Waals surface area contributed by atoms with Crippen LogP contribution in [0.3, 0.4) is 0 Å². The minimum Gasteiger partial charge on any atom is -0.476 e. The van der Waals surface area contributed by atoms with Crippen molar-refractivity contribution in [3.8, 4) is 23.5 Å². The van der Waals surface area contributed by atoms with Gasteiger partial charge in [-0.25, -0.2) is 9.89 Å². The van der Waals surface area contributed by atoms with Gasteiger partial charge in [-0.15, -0.1) is 5.10 Å². The van der Waals surface area contributed by atoms with Crippen LogP contribution < -0.4 is 4.74 Å². The first-order valence-electron chi connectivity index (χ1n) is 7.16. The standard InChI is InChI=1S/C16H15N3O3/c20-16(21)14-15(18-19-17-14)22-13-7-3-6-12(10-13)9-8-11-4-1-2-5-11/h3,6-7,10-11H,1-2,4-5H2,(H,20,21)(H,17,18,19). The molecule has 0 saturated heterocycles. The molecule has 2 aromatic rings. The van der Waals surface area contributed by atoms with Gasteiger partial charge in [0.25, 0.3) is 5.88 Å². The van der Waals surface area contributed by atoms with Crippen LogP contribution in [0.15, 0.2) is 24.3 Å². The Morgan fingerprint density at radius 3 is 2.95 bits per heavy atom. The zero-order valence-electron chi connectivity index (χ0n) is 11.9. The smallest absolute Gasteiger partial charge is 0.362 e. The second kappa shape index (κ2) is 6.31. The summed E-state index contributed by atoms with van der Waals surface area (Å²) in [5.41, 5.74) is 0.594. The van der Waals surface area contributed by atoms with E-state index in [-0.39, 0.29) is 11.6 Å². The zero-order chi connectivity index (χ0) is 15.4. The molecule has 0 radical (unpaired) electrons. The Kier molecular flexibility index (Phi) is 4.05. The van der Waals surface area contributed by atoms with Crippen LogP contribution in [0.25, 0.3) is 0 Å². The van der Waals surface area contributed by atoms with E-state index in [0.29, 0.717) is 11.7 Å². The molecule has 1 aromatic carbocycles. The lowest BCUT2D eigenvalue weighted by Gasteiger charge is -2.03. The van der Waals surface area contributed by atoms with Gasteiger partial charge in [0.15, 0.2) is 0 Å². The molecule has 1 saturated carbocycles. The summed E-state index contributed by atoms with van der Waals surface area (Å²) in [6, 6.07) is 7.22. The van der Waals surface area contributed by atoms with E-state index in [1.165, 1.54) is 25.7 Å². The molecular weight excluding hydrogens is 282 g/mol. The summed E-state index contributed by atoms with van der Waals surface area (Å²) in [4.78, 5) is 11.0. The molecule has 0 amide bonds. The Bertz CT molecular complexity index is 736. The first-order valence-corrected chi connectivity index (χ1v) is 7.16. The molecule has 0 aliphatic heterocycles. The first-order chi connectivity index (χ1) is 10.7. The third-order valence-electron chi connectivity index (χ3n) is 3.55.